The summed E-state index contributed by atoms with van der Waals surface area (Å²) in [6.45, 7) is 0.718. The van der Waals surface area contributed by atoms with Crippen LogP contribution in [0.5, 0.6) is 0 Å². The maximum atomic E-state index is 13.0. The summed E-state index contributed by atoms with van der Waals surface area (Å²) in [5.41, 5.74) is 3.95. The summed E-state index contributed by atoms with van der Waals surface area (Å²) < 4.78 is 0. The number of nitrogens with one attached hydrogen (secondary N) is 4. The van der Waals surface area contributed by atoms with Gasteiger partial charge in [-0.15, -0.1) is 0 Å². The van der Waals surface area contributed by atoms with Crippen molar-refractivity contribution in [3.05, 3.63) is 78.1 Å². The number of nitrogens with zero attached hydrogens (tertiary/aromatic N) is 3. The minimum Gasteiger partial charge on any atom is -0.360 e. The molecule has 41 heavy (non-hydrogen) atoms. The van der Waals surface area contributed by atoms with Crippen LogP contribution in [0, 0.1) is 5.92 Å². The Morgan fingerprint density at radius 1 is 1.07 bits per heavy atom. The smallest absolute Gasteiger partial charge is 0.243 e. The summed E-state index contributed by atoms with van der Waals surface area (Å²) in [6.07, 6.45) is 9.91. The highest BCUT2D eigenvalue weighted by atomic mass is 35.5. The van der Waals surface area contributed by atoms with Crippen molar-refractivity contribution in [3.63, 3.8) is 0 Å². The average Bonchev–Trinajstić information content (AvgIpc) is 3.38. The third-order valence-electron chi connectivity index (χ3n) is 7.16. The molecular formula is C31H34ClN7O2. The molecule has 1 saturated carbocycles. The first kappa shape index (κ1) is 28.3. The van der Waals surface area contributed by atoms with Crippen molar-refractivity contribution in [3.8, 4) is 11.3 Å². The second-order valence-corrected chi connectivity index (χ2v) is 11.0. The monoisotopic (exact) mass is 571 g/mol. The topological polar surface area (TPSA) is 115 Å². The predicted octanol–water partition coefficient (Wildman–Crippen LogP) is 5.75. The molecule has 0 atom stereocenters. The van der Waals surface area contributed by atoms with E-state index in [0.717, 1.165) is 54.4 Å². The second kappa shape index (κ2) is 13.0. The molecule has 5 rings (SSSR count). The fourth-order valence-corrected chi connectivity index (χ4v) is 5.24. The van der Waals surface area contributed by atoms with Crippen molar-refractivity contribution >= 4 is 51.6 Å². The summed E-state index contributed by atoms with van der Waals surface area (Å²) in [5, 5.41) is 10.8. The molecule has 0 radical (unpaired) electrons. The van der Waals surface area contributed by atoms with E-state index in [-0.39, 0.29) is 23.8 Å². The van der Waals surface area contributed by atoms with Crippen LogP contribution in [0.15, 0.2) is 73.1 Å². The van der Waals surface area contributed by atoms with Crippen LogP contribution in [-0.2, 0) is 9.59 Å². The van der Waals surface area contributed by atoms with Gasteiger partial charge in [0.25, 0.3) is 0 Å². The number of aromatic amines is 1. The van der Waals surface area contributed by atoms with Gasteiger partial charge in [0.2, 0.25) is 17.8 Å². The largest absolute Gasteiger partial charge is 0.360 e. The molecule has 1 fully saturated rings. The number of aromatic nitrogens is 3. The summed E-state index contributed by atoms with van der Waals surface area (Å²) in [7, 11) is 3.91. The maximum Gasteiger partial charge on any atom is 0.243 e. The van der Waals surface area contributed by atoms with Crippen LogP contribution in [0.25, 0.3) is 22.2 Å². The van der Waals surface area contributed by atoms with Gasteiger partial charge in [0.05, 0.1) is 16.9 Å². The lowest BCUT2D eigenvalue weighted by Crippen LogP contribution is -2.39. The molecule has 9 nitrogen and oxygen atoms in total. The zero-order valence-corrected chi connectivity index (χ0v) is 23.9. The highest BCUT2D eigenvalue weighted by Gasteiger charge is 2.27. The van der Waals surface area contributed by atoms with Gasteiger partial charge in [-0.25, -0.2) is 9.97 Å². The number of amides is 2. The summed E-state index contributed by atoms with van der Waals surface area (Å²) in [4.78, 5) is 39.4. The first-order valence-electron chi connectivity index (χ1n) is 13.7. The lowest BCUT2D eigenvalue weighted by Gasteiger charge is -2.28. The van der Waals surface area contributed by atoms with Crippen molar-refractivity contribution in [1.29, 1.82) is 0 Å². The Morgan fingerprint density at radius 2 is 1.85 bits per heavy atom. The van der Waals surface area contributed by atoms with Crippen molar-refractivity contribution in [2.45, 2.75) is 31.7 Å². The van der Waals surface area contributed by atoms with Crippen molar-refractivity contribution < 1.29 is 9.59 Å². The van der Waals surface area contributed by atoms with E-state index < -0.39 is 0 Å². The number of hydrogen-bond donors (Lipinski definition) is 4. The minimum absolute atomic E-state index is 0.0119. The van der Waals surface area contributed by atoms with Crippen LogP contribution >= 0.6 is 11.6 Å². The Kier molecular flexibility index (Phi) is 8.96. The lowest BCUT2D eigenvalue weighted by atomic mass is 9.85. The van der Waals surface area contributed by atoms with E-state index >= 15 is 0 Å². The SMILES string of the molecule is CN(C)C/C=C/C(=O)N[C@H]1CC[C@@H](C(=O)Nc2cccc(Nc3ncc(Cl)c(-c4c[nH]c5ccccc45)n3)c2)CC1. The zero-order chi connectivity index (χ0) is 28.8. The number of para-hydroxylation sites is 1. The van der Waals surface area contributed by atoms with Gasteiger partial charge in [-0.05, 0) is 64.0 Å². The van der Waals surface area contributed by atoms with E-state index in [1.165, 1.54) is 0 Å². The molecule has 4 aromatic rings. The molecule has 2 aromatic carbocycles. The van der Waals surface area contributed by atoms with Crippen molar-refractivity contribution in [2.75, 3.05) is 31.3 Å². The Bertz CT molecular complexity index is 1560. The van der Waals surface area contributed by atoms with Gasteiger partial charge in [0, 0.05) is 58.6 Å². The summed E-state index contributed by atoms with van der Waals surface area (Å²) in [6, 6.07) is 15.5. The molecule has 0 unspecified atom stereocenters. The van der Waals surface area contributed by atoms with Crippen molar-refractivity contribution in [2.24, 2.45) is 5.92 Å². The number of likely N-dealkylation sites (N-methyl/N-ethyl adjacent to an activating group) is 1. The van der Waals surface area contributed by atoms with Gasteiger partial charge >= 0.3 is 0 Å². The van der Waals surface area contributed by atoms with Crippen LogP contribution < -0.4 is 16.0 Å². The van der Waals surface area contributed by atoms with Gasteiger partial charge in [0.15, 0.2) is 0 Å². The van der Waals surface area contributed by atoms with Gasteiger partial charge in [-0.2, -0.15) is 0 Å². The third-order valence-corrected chi connectivity index (χ3v) is 7.44. The quantitative estimate of drug-likeness (QED) is 0.190. The lowest BCUT2D eigenvalue weighted by molar-refractivity contribution is -0.121. The fraction of sp³-hybridized carbons (Fsp3) is 0.290. The molecule has 0 bridgehead atoms. The number of hydrogen-bond acceptors (Lipinski definition) is 6. The molecule has 1 aliphatic rings. The highest BCUT2D eigenvalue weighted by Crippen LogP contribution is 2.33. The minimum atomic E-state index is -0.0950. The predicted molar refractivity (Wildman–Crippen MR) is 164 cm³/mol. The number of rotatable bonds is 9. The van der Waals surface area contributed by atoms with Crippen LogP contribution in [0.1, 0.15) is 25.7 Å². The van der Waals surface area contributed by atoms with Gasteiger partial charge in [-0.3, -0.25) is 9.59 Å². The normalized spacial score (nSPS) is 17.2. The average molecular weight is 572 g/mol. The first-order valence-corrected chi connectivity index (χ1v) is 14.1. The molecule has 2 aromatic heterocycles. The molecule has 2 heterocycles. The van der Waals surface area contributed by atoms with Crippen LogP contribution in [0.2, 0.25) is 5.02 Å². The number of carbonyl (C=O) groups is 2. The van der Waals surface area contributed by atoms with E-state index in [4.69, 9.17) is 11.6 Å². The molecule has 0 spiro atoms. The Balaban J connectivity index is 1.17. The summed E-state index contributed by atoms with van der Waals surface area (Å²) >= 11 is 6.47. The van der Waals surface area contributed by atoms with Gasteiger partial charge in [0.1, 0.15) is 0 Å². The Hall–Kier alpha value is -4.21. The van der Waals surface area contributed by atoms with E-state index in [1.807, 2.05) is 79.8 Å². The number of fused-ring (bicyclic) bond motifs is 1. The number of H-pyrrole nitrogens is 1. The third kappa shape index (κ3) is 7.31. The molecule has 1 aliphatic carbocycles. The Morgan fingerprint density at radius 3 is 2.66 bits per heavy atom. The molecule has 212 valence electrons. The van der Waals surface area contributed by atoms with Crippen LogP contribution in [0.4, 0.5) is 17.3 Å². The van der Waals surface area contributed by atoms with E-state index in [2.05, 4.69) is 30.9 Å². The molecular weight excluding hydrogens is 538 g/mol. The van der Waals surface area contributed by atoms with Crippen molar-refractivity contribution in [1.82, 2.24) is 25.2 Å². The molecule has 2 amide bonds. The standard InChI is InChI=1S/C31H34ClN7O2/c1-39(2)16-6-11-28(40)35-21-14-12-20(13-15-21)30(41)36-22-7-5-8-23(17-22)37-31-34-19-26(32)29(38-31)25-18-33-27-10-4-3-9-24(25)27/h3-11,17-21,33H,12-16H2,1-2H3,(H,35,40)(H,36,41)(H,34,37,38)/b11-6+/t20-,21+. The molecule has 0 aliphatic heterocycles. The highest BCUT2D eigenvalue weighted by molar-refractivity contribution is 6.33. The second-order valence-electron chi connectivity index (χ2n) is 10.6. The Labute approximate surface area is 244 Å². The molecule has 0 saturated heterocycles. The molecule has 4 N–H and O–H groups in total. The number of anilines is 3. The van der Waals surface area contributed by atoms with Crippen LogP contribution in [0.3, 0.4) is 0 Å². The first-order chi connectivity index (χ1) is 19.9. The summed E-state index contributed by atoms with van der Waals surface area (Å²) in [5.74, 6) is 0.210. The number of halogens is 1. The van der Waals surface area contributed by atoms with Gasteiger partial charge < -0.3 is 25.8 Å². The number of benzene rings is 2. The van der Waals surface area contributed by atoms with E-state index in [0.29, 0.717) is 22.4 Å². The van der Waals surface area contributed by atoms with Gasteiger partial charge in [-0.1, -0.05) is 41.9 Å². The van der Waals surface area contributed by atoms with E-state index in [1.54, 1.807) is 12.3 Å². The molecule has 10 heteroatoms. The maximum absolute atomic E-state index is 13.0. The van der Waals surface area contributed by atoms with E-state index in [9.17, 15) is 9.59 Å². The number of carbonyl (C=O) groups excluding carboxylic acids is 2. The van der Waals surface area contributed by atoms with Crippen LogP contribution in [-0.4, -0.2) is 58.3 Å². The zero-order valence-electron chi connectivity index (χ0n) is 23.2. The fourth-order valence-electron chi connectivity index (χ4n) is 5.05.